The number of nitrogens with zero attached hydrogens (tertiary/aromatic N) is 3. The molecule has 1 unspecified atom stereocenters. The molecule has 1 atom stereocenters. The number of carbonyl (C=O) groups excluding carboxylic acids is 1. The highest BCUT2D eigenvalue weighted by atomic mass is 16.2. The molecule has 3 heterocycles. The molecule has 2 aliphatic heterocycles. The van der Waals surface area contributed by atoms with E-state index in [1.165, 1.54) is 0 Å². The molecule has 24 heavy (non-hydrogen) atoms. The molecule has 5 heteroatoms. The number of hydrogen-bond acceptors (Lipinski definition) is 4. The SMILES string of the molecule is Cc1ccc(N2CCC3(CC2)CC(c2ccccc2)C(=O)N3)nn1. The van der Waals surface area contributed by atoms with Crippen LogP contribution in [0.3, 0.4) is 0 Å². The Balaban J connectivity index is 1.45. The average molecular weight is 322 g/mol. The number of carbonyl (C=O) groups is 1. The van der Waals surface area contributed by atoms with E-state index in [-0.39, 0.29) is 17.4 Å². The minimum absolute atomic E-state index is 0.0167. The fourth-order valence-corrected chi connectivity index (χ4v) is 3.89. The van der Waals surface area contributed by atoms with E-state index >= 15 is 0 Å². The van der Waals surface area contributed by atoms with Crippen molar-refractivity contribution in [3.05, 3.63) is 53.7 Å². The lowest BCUT2D eigenvalue weighted by Gasteiger charge is -2.39. The summed E-state index contributed by atoms with van der Waals surface area (Å²) in [7, 11) is 0. The maximum absolute atomic E-state index is 12.5. The Morgan fingerprint density at radius 3 is 2.50 bits per heavy atom. The zero-order valence-corrected chi connectivity index (χ0v) is 13.9. The largest absolute Gasteiger partial charge is 0.355 e. The Morgan fingerprint density at radius 2 is 1.83 bits per heavy atom. The van der Waals surface area contributed by atoms with E-state index in [0.717, 1.165) is 49.4 Å². The van der Waals surface area contributed by atoms with Crippen molar-refractivity contribution in [1.29, 1.82) is 0 Å². The molecule has 1 aromatic heterocycles. The fourth-order valence-electron chi connectivity index (χ4n) is 3.89. The van der Waals surface area contributed by atoms with Crippen molar-refractivity contribution in [2.45, 2.75) is 37.6 Å². The minimum atomic E-state index is -0.0633. The van der Waals surface area contributed by atoms with Crippen molar-refractivity contribution in [1.82, 2.24) is 15.5 Å². The summed E-state index contributed by atoms with van der Waals surface area (Å²) in [4.78, 5) is 14.8. The molecule has 1 N–H and O–H groups in total. The van der Waals surface area contributed by atoms with Crippen molar-refractivity contribution >= 4 is 11.7 Å². The smallest absolute Gasteiger partial charge is 0.228 e. The van der Waals surface area contributed by atoms with Gasteiger partial charge in [0.25, 0.3) is 0 Å². The first-order valence-corrected chi connectivity index (χ1v) is 8.58. The van der Waals surface area contributed by atoms with Crippen LogP contribution in [0.25, 0.3) is 0 Å². The summed E-state index contributed by atoms with van der Waals surface area (Å²) in [6, 6.07) is 14.1. The van der Waals surface area contributed by atoms with E-state index in [2.05, 4.69) is 32.5 Å². The van der Waals surface area contributed by atoms with Crippen LogP contribution < -0.4 is 10.2 Å². The van der Waals surface area contributed by atoms with Crippen LogP contribution in [0.4, 0.5) is 5.82 Å². The summed E-state index contributed by atoms with van der Waals surface area (Å²) in [5, 5.41) is 11.7. The van der Waals surface area contributed by atoms with Gasteiger partial charge >= 0.3 is 0 Å². The molecule has 0 saturated carbocycles. The Hall–Kier alpha value is -2.43. The molecule has 0 radical (unpaired) electrons. The van der Waals surface area contributed by atoms with Gasteiger partial charge in [0.05, 0.1) is 11.6 Å². The van der Waals surface area contributed by atoms with Crippen molar-refractivity contribution in [2.75, 3.05) is 18.0 Å². The van der Waals surface area contributed by atoms with E-state index in [4.69, 9.17) is 0 Å². The summed E-state index contributed by atoms with van der Waals surface area (Å²) in [6.07, 6.45) is 2.80. The first kappa shape index (κ1) is 15.1. The minimum Gasteiger partial charge on any atom is -0.355 e. The number of amides is 1. The molecule has 1 spiro atoms. The van der Waals surface area contributed by atoms with Gasteiger partial charge in [0, 0.05) is 18.6 Å². The summed E-state index contributed by atoms with van der Waals surface area (Å²) in [5.74, 6) is 1.08. The van der Waals surface area contributed by atoms with Gasteiger partial charge in [0.2, 0.25) is 5.91 Å². The number of anilines is 1. The molecule has 124 valence electrons. The molecular weight excluding hydrogens is 300 g/mol. The van der Waals surface area contributed by atoms with Gasteiger partial charge in [-0.2, -0.15) is 5.10 Å². The zero-order chi connectivity index (χ0) is 16.6. The molecule has 0 aliphatic carbocycles. The molecule has 2 aliphatic rings. The van der Waals surface area contributed by atoms with Crippen LogP contribution in [0.1, 0.15) is 36.4 Å². The maximum Gasteiger partial charge on any atom is 0.228 e. The third-order valence-corrected chi connectivity index (χ3v) is 5.33. The first-order valence-electron chi connectivity index (χ1n) is 8.58. The fraction of sp³-hybridized carbons (Fsp3) is 0.421. The number of rotatable bonds is 2. The molecule has 1 amide bonds. The number of hydrogen-bond donors (Lipinski definition) is 1. The summed E-state index contributed by atoms with van der Waals surface area (Å²) >= 11 is 0. The molecule has 1 aromatic carbocycles. The summed E-state index contributed by atoms with van der Waals surface area (Å²) < 4.78 is 0. The van der Waals surface area contributed by atoms with Crippen LogP contribution in [-0.4, -0.2) is 34.7 Å². The van der Waals surface area contributed by atoms with E-state index < -0.39 is 0 Å². The molecule has 2 saturated heterocycles. The maximum atomic E-state index is 12.5. The van der Waals surface area contributed by atoms with Crippen LogP contribution in [-0.2, 0) is 4.79 Å². The molecular formula is C19H22N4O. The Kier molecular flexibility index (Phi) is 3.71. The predicted molar refractivity (Wildman–Crippen MR) is 92.9 cm³/mol. The van der Waals surface area contributed by atoms with E-state index in [0.29, 0.717) is 0 Å². The Labute approximate surface area is 142 Å². The van der Waals surface area contributed by atoms with Gasteiger partial charge in [-0.25, -0.2) is 0 Å². The quantitative estimate of drug-likeness (QED) is 0.922. The predicted octanol–water partition coefficient (Wildman–Crippen LogP) is 2.43. The van der Waals surface area contributed by atoms with Gasteiger partial charge in [-0.3, -0.25) is 4.79 Å². The number of piperidine rings is 1. The standard InChI is InChI=1S/C19H22N4O/c1-14-7-8-17(22-21-14)23-11-9-19(10-12-23)13-16(18(24)20-19)15-5-3-2-4-6-15/h2-8,16H,9-13H2,1H3,(H,20,24). The molecule has 2 aromatic rings. The lowest BCUT2D eigenvalue weighted by molar-refractivity contribution is -0.121. The van der Waals surface area contributed by atoms with Crippen LogP contribution in [0.2, 0.25) is 0 Å². The molecule has 4 rings (SSSR count). The highest BCUT2D eigenvalue weighted by Crippen LogP contribution is 2.39. The van der Waals surface area contributed by atoms with Crippen LogP contribution in [0.15, 0.2) is 42.5 Å². The first-order chi connectivity index (χ1) is 11.7. The van der Waals surface area contributed by atoms with Crippen LogP contribution in [0, 0.1) is 6.92 Å². The van der Waals surface area contributed by atoms with Gasteiger partial charge in [-0.05, 0) is 43.9 Å². The number of aromatic nitrogens is 2. The van der Waals surface area contributed by atoms with Gasteiger partial charge < -0.3 is 10.2 Å². The number of benzene rings is 1. The van der Waals surface area contributed by atoms with Crippen molar-refractivity contribution in [2.24, 2.45) is 0 Å². The second-order valence-electron chi connectivity index (χ2n) is 6.96. The average Bonchev–Trinajstić information content (AvgIpc) is 2.93. The molecule has 5 nitrogen and oxygen atoms in total. The van der Waals surface area contributed by atoms with Crippen LogP contribution in [0.5, 0.6) is 0 Å². The summed E-state index contributed by atoms with van der Waals surface area (Å²) in [6.45, 7) is 3.75. The van der Waals surface area contributed by atoms with Crippen molar-refractivity contribution < 1.29 is 4.79 Å². The lowest BCUT2D eigenvalue weighted by Crippen LogP contribution is -2.51. The number of nitrogens with one attached hydrogen (secondary N) is 1. The van der Waals surface area contributed by atoms with Gasteiger partial charge in [-0.1, -0.05) is 30.3 Å². The molecule has 2 fully saturated rings. The zero-order valence-electron chi connectivity index (χ0n) is 13.9. The van der Waals surface area contributed by atoms with Gasteiger partial charge in [0.15, 0.2) is 5.82 Å². The topological polar surface area (TPSA) is 58.1 Å². The third kappa shape index (κ3) is 2.75. The second-order valence-corrected chi connectivity index (χ2v) is 6.96. The normalized spacial score (nSPS) is 22.6. The van der Waals surface area contributed by atoms with Crippen molar-refractivity contribution in [3.63, 3.8) is 0 Å². The third-order valence-electron chi connectivity index (χ3n) is 5.33. The Bertz CT molecular complexity index is 721. The molecule has 0 bridgehead atoms. The van der Waals surface area contributed by atoms with Crippen molar-refractivity contribution in [3.8, 4) is 0 Å². The van der Waals surface area contributed by atoms with E-state index in [1.807, 2.05) is 37.3 Å². The number of aryl methyl sites for hydroxylation is 1. The van der Waals surface area contributed by atoms with Crippen LogP contribution >= 0.6 is 0 Å². The van der Waals surface area contributed by atoms with E-state index in [9.17, 15) is 4.79 Å². The van der Waals surface area contributed by atoms with Gasteiger partial charge in [-0.15, -0.1) is 5.10 Å². The lowest BCUT2D eigenvalue weighted by atomic mass is 9.82. The summed E-state index contributed by atoms with van der Waals surface area (Å²) in [5.41, 5.74) is 1.99. The Morgan fingerprint density at radius 1 is 1.08 bits per heavy atom. The monoisotopic (exact) mass is 322 g/mol. The second kappa shape index (κ2) is 5.89. The highest BCUT2D eigenvalue weighted by molar-refractivity contribution is 5.87. The van der Waals surface area contributed by atoms with Gasteiger partial charge in [0.1, 0.15) is 0 Å². The highest BCUT2D eigenvalue weighted by Gasteiger charge is 2.46. The van der Waals surface area contributed by atoms with E-state index in [1.54, 1.807) is 0 Å².